The van der Waals surface area contributed by atoms with E-state index in [4.69, 9.17) is 14.2 Å². The number of methoxy groups -OCH3 is 1. The molecule has 2 aromatic heterocycles. The number of aromatic nitrogens is 1. The molecule has 0 atom stereocenters. The van der Waals surface area contributed by atoms with Crippen molar-refractivity contribution in [3.63, 3.8) is 0 Å². The van der Waals surface area contributed by atoms with Crippen molar-refractivity contribution >= 4 is 40.1 Å². The van der Waals surface area contributed by atoms with Crippen molar-refractivity contribution < 1.29 is 23.8 Å². The van der Waals surface area contributed by atoms with Crippen LogP contribution in [0.3, 0.4) is 0 Å². The molecule has 32 heavy (non-hydrogen) atoms. The number of rotatable bonds is 5. The summed E-state index contributed by atoms with van der Waals surface area (Å²) in [4.78, 5) is 25.6. The average molecular weight is 445 g/mol. The van der Waals surface area contributed by atoms with E-state index in [1.807, 2.05) is 29.8 Å². The molecule has 0 unspecified atom stereocenters. The Bertz CT molecular complexity index is 1380. The molecule has 3 heterocycles. The van der Waals surface area contributed by atoms with Gasteiger partial charge in [0, 0.05) is 35.3 Å². The van der Waals surface area contributed by atoms with E-state index in [9.17, 15) is 9.59 Å². The molecule has 5 rings (SSSR count). The van der Waals surface area contributed by atoms with Gasteiger partial charge in [0.05, 0.1) is 12.7 Å². The highest BCUT2D eigenvalue weighted by Gasteiger charge is 2.28. The van der Waals surface area contributed by atoms with E-state index >= 15 is 0 Å². The second-order valence-electron chi connectivity index (χ2n) is 7.22. The zero-order chi connectivity index (χ0) is 22.2. The van der Waals surface area contributed by atoms with Gasteiger partial charge in [0.2, 0.25) is 5.78 Å². The number of esters is 1. The van der Waals surface area contributed by atoms with E-state index < -0.39 is 5.97 Å². The maximum absolute atomic E-state index is 12.9. The lowest BCUT2D eigenvalue weighted by atomic mass is 10.1. The minimum Gasteiger partial charge on any atom is -0.497 e. The van der Waals surface area contributed by atoms with Gasteiger partial charge in [0.15, 0.2) is 5.76 Å². The average Bonchev–Trinajstić information content (AvgIpc) is 3.53. The van der Waals surface area contributed by atoms with Gasteiger partial charge in [-0.15, -0.1) is 11.3 Å². The monoisotopic (exact) mass is 445 g/mol. The van der Waals surface area contributed by atoms with Gasteiger partial charge in [0.1, 0.15) is 22.1 Å². The Morgan fingerprint density at radius 3 is 2.75 bits per heavy atom. The summed E-state index contributed by atoms with van der Waals surface area (Å²) in [5.74, 6) is 1.00. The van der Waals surface area contributed by atoms with E-state index in [1.165, 1.54) is 11.3 Å². The Morgan fingerprint density at radius 1 is 1.16 bits per heavy atom. The van der Waals surface area contributed by atoms with Crippen molar-refractivity contribution in [1.82, 2.24) is 4.57 Å². The maximum atomic E-state index is 12.9. The molecule has 0 N–H and O–H groups in total. The Balaban J connectivity index is 1.46. The molecule has 2 aromatic carbocycles. The molecule has 0 aliphatic carbocycles. The minimum absolute atomic E-state index is 0.212. The van der Waals surface area contributed by atoms with Gasteiger partial charge in [0.25, 0.3) is 0 Å². The molecule has 0 fully saturated rings. The summed E-state index contributed by atoms with van der Waals surface area (Å²) in [6, 6.07) is 14.1. The van der Waals surface area contributed by atoms with Crippen molar-refractivity contribution in [2.45, 2.75) is 13.5 Å². The van der Waals surface area contributed by atoms with Crippen molar-refractivity contribution in [1.29, 1.82) is 0 Å². The number of carbonyl (C=O) groups excluding carboxylic acids is 2. The normalized spacial score (nSPS) is 13.9. The highest BCUT2D eigenvalue weighted by Crippen LogP contribution is 2.36. The zero-order valence-electron chi connectivity index (χ0n) is 17.5. The Morgan fingerprint density at radius 2 is 2.00 bits per heavy atom. The molecule has 7 heteroatoms. The van der Waals surface area contributed by atoms with E-state index in [1.54, 1.807) is 43.5 Å². The number of fused-ring (bicyclic) bond motifs is 2. The van der Waals surface area contributed by atoms with Crippen LogP contribution in [0.4, 0.5) is 0 Å². The second-order valence-corrected chi connectivity index (χ2v) is 8.17. The molecule has 0 bridgehead atoms. The summed E-state index contributed by atoms with van der Waals surface area (Å²) in [6.07, 6.45) is 3.73. The maximum Gasteiger partial charge on any atom is 0.353 e. The number of benzene rings is 2. The van der Waals surface area contributed by atoms with Gasteiger partial charge in [-0.2, -0.15) is 0 Å². The van der Waals surface area contributed by atoms with E-state index in [0.717, 1.165) is 28.8 Å². The van der Waals surface area contributed by atoms with Crippen LogP contribution in [0.2, 0.25) is 0 Å². The lowest BCUT2D eigenvalue weighted by Crippen LogP contribution is -2.06. The Hall–Kier alpha value is -3.84. The smallest absolute Gasteiger partial charge is 0.353 e. The number of nitrogens with zero attached hydrogens (tertiary/aromatic N) is 1. The van der Waals surface area contributed by atoms with Gasteiger partial charge >= 0.3 is 5.97 Å². The number of allylic oxidation sites excluding steroid dienone is 1. The van der Waals surface area contributed by atoms with Crippen molar-refractivity contribution in [2.75, 3.05) is 7.11 Å². The van der Waals surface area contributed by atoms with Gasteiger partial charge in [-0.05, 0) is 54.8 Å². The molecule has 6 nitrogen and oxygen atoms in total. The quantitative estimate of drug-likeness (QED) is 0.228. The molecule has 1 aliphatic heterocycles. The molecule has 0 saturated heterocycles. The summed E-state index contributed by atoms with van der Waals surface area (Å²) in [5, 5.41) is 2.78. The van der Waals surface area contributed by atoms with Crippen molar-refractivity contribution in [2.24, 2.45) is 0 Å². The van der Waals surface area contributed by atoms with Crippen LogP contribution < -0.4 is 14.2 Å². The third-order valence-electron chi connectivity index (χ3n) is 5.32. The number of thiophene rings is 1. The first kappa shape index (κ1) is 20.1. The first-order valence-electron chi connectivity index (χ1n) is 10.1. The lowest BCUT2D eigenvalue weighted by Gasteiger charge is -2.04. The minimum atomic E-state index is -0.443. The first-order valence-corrected chi connectivity index (χ1v) is 11.0. The summed E-state index contributed by atoms with van der Waals surface area (Å²) in [6.45, 7) is 2.85. The number of hydrogen-bond donors (Lipinski definition) is 0. The first-order chi connectivity index (χ1) is 15.6. The Kier molecular flexibility index (Phi) is 5.03. The van der Waals surface area contributed by atoms with Crippen LogP contribution in [0.25, 0.3) is 17.0 Å². The van der Waals surface area contributed by atoms with Crippen LogP contribution in [-0.4, -0.2) is 23.4 Å². The van der Waals surface area contributed by atoms with Crippen LogP contribution >= 0.6 is 11.3 Å². The number of hydrogen-bond acceptors (Lipinski definition) is 6. The summed E-state index contributed by atoms with van der Waals surface area (Å²) in [5.41, 5.74) is 2.34. The summed E-state index contributed by atoms with van der Waals surface area (Å²) < 4.78 is 18.8. The fourth-order valence-corrected chi connectivity index (χ4v) is 4.33. The molecule has 0 saturated carbocycles. The zero-order valence-corrected chi connectivity index (χ0v) is 18.3. The molecular formula is C25H19NO5S. The fourth-order valence-electron chi connectivity index (χ4n) is 3.73. The number of carbonyl (C=O) groups is 2. The third-order valence-corrected chi connectivity index (χ3v) is 6.17. The lowest BCUT2D eigenvalue weighted by molar-refractivity contribution is 0.0739. The highest BCUT2D eigenvalue weighted by molar-refractivity contribution is 7.12. The van der Waals surface area contributed by atoms with E-state index in [-0.39, 0.29) is 11.5 Å². The van der Waals surface area contributed by atoms with E-state index in [0.29, 0.717) is 21.9 Å². The fraction of sp³-hybridized carbons (Fsp3) is 0.120. The number of aryl methyl sites for hydroxylation is 1. The van der Waals surface area contributed by atoms with Crippen LogP contribution in [0.5, 0.6) is 17.2 Å². The van der Waals surface area contributed by atoms with E-state index in [2.05, 4.69) is 11.5 Å². The van der Waals surface area contributed by atoms with Crippen LogP contribution in [-0.2, 0) is 6.54 Å². The molecule has 4 aromatic rings. The molecule has 0 spiro atoms. The standard InChI is InChI=1S/C25H19NO5S/c1-3-26-14-15(19-12-16(29-2)7-9-20(19)26)11-22-24(27)18-8-6-17(13-21(18)31-22)30-25(28)23-5-4-10-32-23/h4-14H,3H2,1-2H3. The predicted octanol–water partition coefficient (Wildman–Crippen LogP) is 5.57. The molecule has 1 aliphatic rings. The summed E-state index contributed by atoms with van der Waals surface area (Å²) >= 11 is 1.31. The number of Topliss-reactive ketones (excluding diaryl/α,β-unsaturated/α-hetero) is 1. The topological polar surface area (TPSA) is 66.8 Å². The predicted molar refractivity (Wildman–Crippen MR) is 123 cm³/mol. The van der Waals surface area contributed by atoms with Crippen molar-refractivity contribution in [3.8, 4) is 17.2 Å². The van der Waals surface area contributed by atoms with Crippen LogP contribution in [0.15, 0.2) is 65.9 Å². The summed E-state index contributed by atoms with van der Waals surface area (Å²) in [7, 11) is 1.62. The van der Waals surface area contributed by atoms with Crippen LogP contribution in [0.1, 0.15) is 32.5 Å². The van der Waals surface area contributed by atoms with Gasteiger partial charge in [-0.1, -0.05) is 6.07 Å². The highest BCUT2D eigenvalue weighted by atomic mass is 32.1. The van der Waals surface area contributed by atoms with Gasteiger partial charge in [-0.25, -0.2) is 4.79 Å². The second kappa shape index (κ2) is 8.01. The Labute approximate surface area is 188 Å². The number of ether oxygens (including phenoxy) is 3. The van der Waals surface area contributed by atoms with Crippen LogP contribution in [0, 0.1) is 0 Å². The molecule has 0 radical (unpaired) electrons. The SMILES string of the molecule is CCn1cc(C=C2Oc3cc(OC(=O)c4cccs4)ccc3C2=O)c2cc(OC)ccc21. The largest absolute Gasteiger partial charge is 0.497 e. The van der Waals surface area contributed by atoms with Gasteiger partial charge < -0.3 is 18.8 Å². The number of ketones is 1. The molecular weight excluding hydrogens is 426 g/mol. The van der Waals surface area contributed by atoms with Gasteiger partial charge in [-0.3, -0.25) is 4.79 Å². The third kappa shape index (κ3) is 3.46. The molecule has 160 valence electrons. The van der Waals surface area contributed by atoms with Crippen molar-refractivity contribution in [3.05, 3.63) is 81.9 Å². The molecule has 0 amide bonds.